The van der Waals surface area contributed by atoms with Gasteiger partial charge in [0.2, 0.25) is 0 Å². The van der Waals surface area contributed by atoms with Crippen LogP contribution in [0.5, 0.6) is 11.5 Å². The molecule has 0 aliphatic heterocycles. The van der Waals surface area contributed by atoms with E-state index in [1.807, 2.05) is 85.2 Å². The lowest BCUT2D eigenvalue weighted by Gasteiger charge is -2.58. The zero-order valence-electron chi connectivity index (χ0n) is 61.7. The Morgan fingerprint density at radius 3 is 1.51 bits per heavy atom. The highest BCUT2D eigenvalue weighted by Gasteiger charge is 2.61. The number of aliphatic imine (C=N–C) groups is 1. The van der Waals surface area contributed by atoms with Crippen molar-refractivity contribution >= 4 is 23.8 Å². The molecule has 8 aliphatic carbocycles. The molecule has 6 fully saturated rings. The third-order valence-electron chi connectivity index (χ3n) is 27.7. The topological polar surface area (TPSA) is 114 Å². The van der Waals surface area contributed by atoms with Gasteiger partial charge >= 0.3 is 11.9 Å². The highest BCUT2D eigenvalue weighted by atomic mass is 16.5. The number of hydrogen-bond donors (Lipinski definition) is 0. The van der Waals surface area contributed by atoms with E-state index in [-0.39, 0.29) is 35.0 Å². The molecule has 10 heteroatoms. The lowest BCUT2D eigenvalue weighted by Crippen LogP contribution is -2.51. The van der Waals surface area contributed by atoms with Crippen LogP contribution in [0.4, 0.5) is 5.69 Å². The van der Waals surface area contributed by atoms with Gasteiger partial charge in [0.15, 0.2) is 0 Å². The first-order valence-electron chi connectivity index (χ1n) is 39.6. The predicted molar refractivity (Wildman–Crippen MR) is 394 cm³/mol. The standard InChI is InChI=1S/C87H124N4O6/c1-59(2)19-17-21-61(5)75-41-43-77-73-39-29-65-55-71(45-49-84(65,7)79(73)47-51-86(75,77)9)96-82(92)23-13-11-15-53-94-69-35-25-63(26-36-69)57-88-67-31-27-64(28-32-67)81-58-91(90-89-81)68-33-37-70(38-34-68)95-54-16-12-14-24-83(93)97-72-46-50-85(8)66(56-72)30-40-74-78-44-42-76(62(6)22-18-20-60(3)4)87(78,10)52-48-80(74)85/h25-38,57-62,71-80H,11-24,39-56H2,1-10H3/t61-,62-,71?,72?,73+,74+,75-,76-,77+,78+,79+,80+,84+,85+,86-,87-/m1/s1. The van der Waals surface area contributed by atoms with Crippen LogP contribution in [0.15, 0.2) is 107 Å². The van der Waals surface area contributed by atoms with Gasteiger partial charge in [-0.2, -0.15) is 0 Å². The molecule has 0 spiro atoms. The summed E-state index contributed by atoms with van der Waals surface area (Å²) in [5.41, 5.74) is 9.21. The van der Waals surface area contributed by atoms with Crippen LogP contribution in [-0.4, -0.2) is 58.6 Å². The van der Waals surface area contributed by atoms with E-state index < -0.39 is 0 Å². The van der Waals surface area contributed by atoms with Gasteiger partial charge < -0.3 is 18.9 Å². The van der Waals surface area contributed by atoms with E-state index >= 15 is 0 Å². The maximum atomic E-state index is 13.1. The third kappa shape index (κ3) is 16.3. The Morgan fingerprint density at radius 2 is 1.02 bits per heavy atom. The summed E-state index contributed by atoms with van der Waals surface area (Å²) in [6.07, 6.45) is 43.5. The number of unbranched alkanes of at least 4 members (excludes halogenated alkanes) is 4. The van der Waals surface area contributed by atoms with Crippen LogP contribution >= 0.6 is 0 Å². The minimum Gasteiger partial charge on any atom is -0.494 e. The highest BCUT2D eigenvalue weighted by molar-refractivity contribution is 5.82. The molecule has 10 nitrogen and oxygen atoms in total. The van der Waals surface area contributed by atoms with Crippen molar-refractivity contribution in [1.29, 1.82) is 0 Å². The Labute approximate surface area is 585 Å². The largest absolute Gasteiger partial charge is 0.494 e. The fourth-order valence-electron chi connectivity index (χ4n) is 22.2. The molecule has 8 aliphatic rings. The fraction of sp³-hybridized carbons (Fsp3) is 0.690. The van der Waals surface area contributed by atoms with Crippen LogP contribution < -0.4 is 9.47 Å². The van der Waals surface area contributed by atoms with Crippen molar-refractivity contribution in [3.63, 3.8) is 0 Å². The number of benzene rings is 3. The quantitative estimate of drug-likeness (QED) is 0.0219. The molecule has 528 valence electrons. The molecule has 1 heterocycles. The number of carbonyl (C=O) groups excluding carboxylic acids is 2. The van der Waals surface area contributed by atoms with E-state index in [0.29, 0.717) is 36.9 Å². The summed E-state index contributed by atoms with van der Waals surface area (Å²) in [6.45, 7) is 26.4. The number of hydrogen-bond acceptors (Lipinski definition) is 9. The Morgan fingerprint density at radius 1 is 0.536 bits per heavy atom. The lowest BCUT2D eigenvalue weighted by molar-refractivity contribution is -0.152. The van der Waals surface area contributed by atoms with E-state index in [1.54, 1.807) is 15.8 Å². The van der Waals surface area contributed by atoms with Crippen molar-refractivity contribution in [3.05, 3.63) is 108 Å². The van der Waals surface area contributed by atoms with Gasteiger partial charge in [0.25, 0.3) is 0 Å². The van der Waals surface area contributed by atoms with Gasteiger partial charge in [-0.25, -0.2) is 4.68 Å². The van der Waals surface area contributed by atoms with Gasteiger partial charge in [0.1, 0.15) is 29.4 Å². The van der Waals surface area contributed by atoms with Crippen LogP contribution in [0, 0.1) is 92.7 Å². The third-order valence-corrected chi connectivity index (χ3v) is 27.7. The monoisotopic (exact) mass is 1320 g/mol. The number of esters is 2. The number of aromatic nitrogens is 3. The van der Waals surface area contributed by atoms with Gasteiger partial charge in [-0.3, -0.25) is 14.6 Å². The zero-order chi connectivity index (χ0) is 67.9. The number of carbonyl (C=O) groups is 2. The SMILES string of the molecule is CC(C)CCC[C@@H](C)[C@H]1CC[C@H]2[C@@H]3CC=C4CC(OC(=O)CCCCCOc5ccc(C=Nc6ccc(-c7cn(-c8ccc(OCCCCCC(=O)OC9CC[C@@]%10(C)C(=CC[C@H]%11[C@@H]%12CC[C@H]([C@H](C)CCCC(C)C)[C@@]%12(C)CC[C@@H]%11%10)C9)cc8)nn7)cc6)cc5)CC[C@]4(C)[C@H]3CC[C@]12C. The second kappa shape index (κ2) is 31.6. The maximum Gasteiger partial charge on any atom is 0.306 e. The van der Waals surface area contributed by atoms with E-state index in [4.69, 9.17) is 23.9 Å². The molecule has 0 bridgehead atoms. The fourth-order valence-corrected chi connectivity index (χ4v) is 22.2. The molecule has 2 unspecified atom stereocenters. The number of ether oxygens (including phenoxy) is 4. The number of allylic oxidation sites excluding steroid dienone is 2. The average Bonchev–Trinajstić information content (AvgIpc) is 1.70. The minimum absolute atomic E-state index is 0.0207. The summed E-state index contributed by atoms with van der Waals surface area (Å²) in [7, 11) is 0. The lowest BCUT2D eigenvalue weighted by atomic mass is 9.47. The predicted octanol–water partition coefficient (Wildman–Crippen LogP) is 22.5. The summed E-state index contributed by atoms with van der Waals surface area (Å²) in [6, 6.07) is 24.0. The molecule has 16 atom stereocenters. The molecule has 12 rings (SSSR count). The average molecular weight is 1320 g/mol. The molecule has 4 aromatic rings. The Kier molecular flexibility index (Phi) is 23.2. The first-order valence-corrected chi connectivity index (χ1v) is 39.6. The summed E-state index contributed by atoms with van der Waals surface area (Å²) in [5, 5.41) is 8.90. The van der Waals surface area contributed by atoms with Crippen molar-refractivity contribution in [2.24, 2.45) is 97.7 Å². The summed E-state index contributed by atoms with van der Waals surface area (Å²) in [5.74, 6) is 11.6. The smallest absolute Gasteiger partial charge is 0.306 e. The van der Waals surface area contributed by atoms with Crippen molar-refractivity contribution in [1.82, 2.24) is 15.0 Å². The summed E-state index contributed by atoms with van der Waals surface area (Å²) in [4.78, 5) is 31.0. The van der Waals surface area contributed by atoms with Gasteiger partial charge in [0, 0.05) is 37.5 Å². The van der Waals surface area contributed by atoms with Crippen LogP contribution in [0.25, 0.3) is 16.9 Å². The molecular weight excluding hydrogens is 1200 g/mol. The maximum absolute atomic E-state index is 13.1. The van der Waals surface area contributed by atoms with E-state index in [0.717, 1.165) is 188 Å². The second-order valence-corrected chi connectivity index (χ2v) is 34.5. The van der Waals surface area contributed by atoms with Crippen LogP contribution in [0.2, 0.25) is 0 Å². The van der Waals surface area contributed by atoms with Crippen LogP contribution in [0.1, 0.15) is 267 Å². The highest BCUT2D eigenvalue weighted by Crippen LogP contribution is 2.69. The van der Waals surface area contributed by atoms with Crippen molar-refractivity contribution in [2.75, 3.05) is 13.2 Å². The Balaban J connectivity index is 0.498. The van der Waals surface area contributed by atoms with Gasteiger partial charge in [-0.1, -0.05) is 148 Å². The molecule has 1 aromatic heterocycles. The van der Waals surface area contributed by atoms with E-state index in [9.17, 15) is 9.59 Å². The Bertz CT molecular complexity index is 3330. The van der Waals surface area contributed by atoms with E-state index in [1.165, 1.54) is 103 Å². The molecule has 0 amide bonds. The zero-order valence-corrected chi connectivity index (χ0v) is 61.7. The van der Waals surface area contributed by atoms with E-state index in [2.05, 4.69) is 91.7 Å². The minimum atomic E-state index is -0.0398. The first kappa shape index (κ1) is 71.3. The molecule has 3 aromatic carbocycles. The number of nitrogens with zero attached hydrogens (tertiary/aromatic N) is 4. The molecular formula is C87H124N4O6. The molecule has 0 radical (unpaired) electrons. The number of rotatable bonds is 30. The number of fused-ring (bicyclic) bond motifs is 10. The Hall–Kier alpha value is -5.51. The molecule has 0 N–H and O–H groups in total. The van der Waals surface area contributed by atoms with Gasteiger partial charge in [-0.05, 0) is 287 Å². The van der Waals surface area contributed by atoms with Gasteiger partial charge in [-0.15, -0.1) is 5.10 Å². The van der Waals surface area contributed by atoms with Crippen LogP contribution in [0.3, 0.4) is 0 Å². The summed E-state index contributed by atoms with van der Waals surface area (Å²) >= 11 is 0. The van der Waals surface area contributed by atoms with Gasteiger partial charge in [0.05, 0.1) is 30.8 Å². The second-order valence-electron chi connectivity index (χ2n) is 34.5. The van der Waals surface area contributed by atoms with Crippen LogP contribution in [-0.2, 0) is 19.1 Å². The van der Waals surface area contributed by atoms with Crippen molar-refractivity contribution < 1.29 is 28.5 Å². The normalized spacial score (nSPS) is 31.8. The molecule has 0 saturated heterocycles. The molecule has 97 heavy (non-hydrogen) atoms. The van der Waals surface area contributed by atoms with Crippen molar-refractivity contribution in [3.8, 4) is 28.4 Å². The summed E-state index contributed by atoms with van der Waals surface area (Å²) < 4.78 is 26.4. The first-order chi connectivity index (χ1) is 46.8. The molecule has 6 saturated carbocycles. The van der Waals surface area contributed by atoms with Crippen molar-refractivity contribution in [2.45, 2.75) is 274 Å².